The third-order valence-electron chi connectivity index (χ3n) is 3.36. The Morgan fingerprint density at radius 1 is 1.17 bits per heavy atom. The van der Waals surface area contributed by atoms with Gasteiger partial charge in [0.15, 0.2) is 0 Å². The lowest BCUT2D eigenvalue weighted by Gasteiger charge is -2.39. The standard InChI is InChI=1S/C14H28N2O2/c1-9(2)10(3)15-11-7-12(8-11)16-13(17)18-14(4,5)6/h9-12,15H,7-8H2,1-6H3,(H,16,17). The van der Waals surface area contributed by atoms with Crippen molar-refractivity contribution in [1.29, 1.82) is 0 Å². The molecule has 106 valence electrons. The molecule has 1 saturated carbocycles. The number of amides is 1. The first kappa shape index (κ1) is 15.3. The van der Waals surface area contributed by atoms with Gasteiger partial charge >= 0.3 is 6.09 Å². The Morgan fingerprint density at radius 3 is 2.17 bits per heavy atom. The Kier molecular flexibility index (Phi) is 5.02. The van der Waals surface area contributed by atoms with Crippen molar-refractivity contribution in [2.45, 2.75) is 78.1 Å². The molecule has 0 bridgehead atoms. The Bertz CT molecular complexity index is 278. The van der Waals surface area contributed by atoms with Gasteiger partial charge in [0.1, 0.15) is 5.60 Å². The summed E-state index contributed by atoms with van der Waals surface area (Å²) in [7, 11) is 0. The zero-order valence-corrected chi connectivity index (χ0v) is 12.5. The summed E-state index contributed by atoms with van der Waals surface area (Å²) in [5.74, 6) is 0.642. The normalized spacial score (nSPS) is 25.5. The van der Waals surface area contributed by atoms with Gasteiger partial charge in [0.05, 0.1) is 0 Å². The number of nitrogens with one attached hydrogen (secondary N) is 2. The van der Waals surface area contributed by atoms with Crippen LogP contribution in [0.15, 0.2) is 0 Å². The Hall–Kier alpha value is -0.770. The summed E-state index contributed by atoms with van der Waals surface area (Å²) in [5.41, 5.74) is -0.419. The molecule has 1 aliphatic carbocycles. The smallest absolute Gasteiger partial charge is 0.407 e. The molecule has 0 heterocycles. The molecular formula is C14H28N2O2. The molecule has 0 aromatic rings. The predicted octanol–water partition coefficient (Wildman–Crippen LogP) is 2.68. The molecule has 0 aromatic heterocycles. The fourth-order valence-corrected chi connectivity index (χ4v) is 1.91. The average molecular weight is 256 g/mol. The highest BCUT2D eigenvalue weighted by Crippen LogP contribution is 2.22. The van der Waals surface area contributed by atoms with Crippen molar-refractivity contribution in [3.8, 4) is 0 Å². The molecule has 0 spiro atoms. The highest BCUT2D eigenvalue weighted by atomic mass is 16.6. The van der Waals surface area contributed by atoms with Gasteiger partial charge in [-0.1, -0.05) is 13.8 Å². The second kappa shape index (κ2) is 5.91. The van der Waals surface area contributed by atoms with Crippen LogP contribution < -0.4 is 10.6 Å². The summed E-state index contributed by atoms with van der Waals surface area (Å²) in [6.07, 6.45) is 1.69. The third kappa shape index (κ3) is 5.25. The van der Waals surface area contributed by atoms with Gasteiger partial charge in [-0.25, -0.2) is 4.79 Å². The lowest BCUT2D eigenvalue weighted by molar-refractivity contribution is 0.0462. The van der Waals surface area contributed by atoms with Crippen molar-refractivity contribution in [3.63, 3.8) is 0 Å². The van der Waals surface area contributed by atoms with Crippen LogP contribution in [-0.4, -0.2) is 29.8 Å². The molecule has 2 N–H and O–H groups in total. The van der Waals surface area contributed by atoms with Crippen molar-refractivity contribution in [2.24, 2.45) is 5.92 Å². The fourth-order valence-electron chi connectivity index (χ4n) is 1.91. The Balaban J connectivity index is 2.17. The lowest BCUT2D eigenvalue weighted by atomic mass is 9.85. The van der Waals surface area contributed by atoms with Gasteiger partial charge in [-0.15, -0.1) is 0 Å². The monoisotopic (exact) mass is 256 g/mol. The number of carbonyl (C=O) groups is 1. The summed E-state index contributed by atoms with van der Waals surface area (Å²) < 4.78 is 5.23. The van der Waals surface area contributed by atoms with Crippen LogP contribution in [0.4, 0.5) is 4.79 Å². The fraction of sp³-hybridized carbons (Fsp3) is 0.929. The molecule has 1 amide bonds. The van der Waals surface area contributed by atoms with Crippen LogP contribution in [0.3, 0.4) is 0 Å². The predicted molar refractivity (Wildman–Crippen MR) is 73.6 cm³/mol. The minimum absolute atomic E-state index is 0.261. The molecule has 4 heteroatoms. The zero-order chi connectivity index (χ0) is 13.9. The number of rotatable bonds is 4. The molecule has 1 rings (SSSR count). The maximum absolute atomic E-state index is 11.5. The second-order valence-corrected chi connectivity index (χ2v) is 6.71. The van der Waals surface area contributed by atoms with Crippen LogP contribution in [0.2, 0.25) is 0 Å². The summed E-state index contributed by atoms with van der Waals surface area (Å²) >= 11 is 0. The van der Waals surface area contributed by atoms with Crippen molar-refractivity contribution < 1.29 is 9.53 Å². The minimum Gasteiger partial charge on any atom is -0.444 e. The van der Waals surface area contributed by atoms with Crippen LogP contribution in [0.25, 0.3) is 0 Å². The highest BCUT2D eigenvalue weighted by Gasteiger charge is 2.32. The molecule has 1 fully saturated rings. The molecule has 0 radical (unpaired) electrons. The van der Waals surface area contributed by atoms with Gasteiger partial charge < -0.3 is 15.4 Å². The average Bonchev–Trinajstić information content (AvgIpc) is 2.10. The second-order valence-electron chi connectivity index (χ2n) is 6.71. The van der Waals surface area contributed by atoms with Gasteiger partial charge in [0, 0.05) is 18.1 Å². The molecular weight excluding hydrogens is 228 g/mol. The molecule has 4 nitrogen and oxygen atoms in total. The van der Waals surface area contributed by atoms with Crippen LogP contribution >= 0.6 is 0 Å². The maximum Gasteiger partial charge on any atom is 0.407 e. The van der Waals surface area contributed by atoms with Crippen LogP contribution in [0.5, 0.6) is 0 Å². The topological polar surface area (TPSA) is 50.4 Å². The minimum atomic E-state index is -0.419. The Morgan fingerprint density at radius 2 is 1.72 bits per heavy atom. The van der Waals surface area contributed by atoms with Crippen molar-refractivity contribution in [2.75, 3.05) is 0 Å². The maximum atomic E-state index is 11.5. The lowest BCUT2D eigenvalue weighted by Crippen LogP contribution is -2.55. The van der Waals surface area contributed by atoms with Gasteiger partial charge in [-0.3, -0.25) is 0 Å². The number of hydrogen-bond donors (Lipinski definition) is 2. The molecule has 0 aliphatic heterocycles. The zero-order valence-electron chi connectivity index (χ0n) is 12.5. The van der Waals surface area contributed by atoms with Crippen LogP contribution in [-0.2, 0) is 4.74 Å². The van der Waals surface area contributed by atoms with Crippen molar-refractivity contribution in [3.05, 3.63) is 0 Å². The molecule has 0 aromatic carbocycles. The first-order valence-electron chi connectivity index (χ1n) is 6.93. The van der Waals surface area contributed by atoms with Crippen molar-refractivity contribution >= 4 is 6.09 Å². The van der Waals surface area contributed by atoms with E-state index in [9.17, 15) is 4.79 Å². The third-order valence-corrected chi connectivity index (χ3v) is 3.36. The quantitative estimate of drug-likeness (QED) is 0.813. The molecule has 1 atom stereocenters. The molecule has 1 unspecified atom stereocenters. The van der Waals surface area contributed by atoms with E-state index in [0.717, 1.165) is 12.8 Å². The van der Waals surface area contributed by atoms with E-state index in [1.165, 1.54) is 0 Å². The number of alkyl carbamates (subject to hydrolysis) is 1. The van der Waals surface area contributed by atoms with E-state index in [1.54, 1.807) is 0 Å². The van der Waals surface area contributed by atoms with Gasteiger partial charge in [0.25, 0.3) is 0 Å². The molecule has 18 heavy (non-hydrogen) atoms. The summed E-state index contributed by atoms with van der Waals surface area (Å²) in [6, 6.07) is 1.32. The van der Waals surface area contributed by atoms with Gasteiger partial charge in [-0.2, -0.15) is 0 Å². The highest BCUT2D eigenvalue weighted by molar-refractivity contribution is 5.68. The van der Waals surface area contributed by atoms with E-state index in [1.807, 2.05) is 20.8 Å². The van der Waals surface area contributed by atoms with Gasteiger partial charge in [-0.05, 0) is 46.5 Å². The number of ether oxygens (including phenoxy) is 1. The largest absolute Gasteiger partial charge is 0.444 e. The summed E-state index contributed by atoms with van der Waals surface area (Å²) in [4.78, 5) is 11.5. The van der Waals surface area contributed by atoms with E-state index in [2.05, 4.69) is 31.4 Å². The van der Waals surface area contributed by atoms with Crippen LogP contribution in [0.1, 0.15) is 54.4 Å². The summed E-state index contributed by atoms with van der Waals surface area (Å²) in [5, 5.41) is 6.48. The molecule has 0 saturated heterocycles. The van der Waals surface area contributed by atoms with E-state index in [4.69, 9.17) is 4.74 Å². The SMILES string of the molecule is CC(C)C(C)NC1CC(NC(=O)OC(C)(C)C)C1. The Labute approximate surface area is 111 Å². The molecule has 1 aliphatic rings. The number of carbonyl (C=O) groups excluding carboxylic acids is 1. The van der Waals surface area contributed by atoms with Gasteiger partial charge in [0.2, 0.25) is 0 Å². The van der Waals surface area contributed by atoms with E-state index in [0.29, 0.717) is 18.0 Å². The summed E-state index contributed by atoms with van der Waals surface area (Å²) in [6.45, 7) is 12.3. The first-order valence-corrected chi connectivity index (χ1v) is 6.93. The van der Waals surface area contributed by atoms with Crippen molar-refractivity contribution in [1.82, 2.24) is 10.6 Å². The number of hydrogen-bond acceptors (Lipinski definition) is 3. The van der Waals surface area contributed by atoms with E-state index >= 15 is 0 Å². The van der Waals surface area contributed by atoms with Crippen LogP contribution in [0, 0.1) is 5.92 Å². The van der Waals surface area contributed by atoms with E-state index < -0.39 is 5.60 Å². The van der Waals surface area contributed by atoms with E-state index in [-0.39, 0.29) is 12.1 Å². The first-order chi connectivity index (χ1) is 8.17.